The van der Waals surface area contributed by atoms with Crippen molar-refractivity contribution in [3.63, 3.8) is 0 Å². The second kappa shape index (κ2) is 5.28. The molecule has 0 aliphatic carbocycles. The number of hydrogen-bond donors (Lipinski definition) is 3. The number of carbonyl (C=O) groups is 1. The zero-order valence-electron chi connectivity index (χ0n) is 10.4. The molecule has 5 N–H and O–H groups in total. The highest BCUT2D eigenvalue weighted by Crippen LogP contribution is 2.27. The van der Waals surface area contributed by atoms with Crippen LogP contribution in [0.2, 0.25) is 0 Å². The summed E-state index contributed by atoms with van der Waals surface area (Å²) in [6.07, 6.45) is 0. The first-order chi connectivity index (χ1) is 9.52. The van der Waals surface area contributed by atoms with Crippen LogP contribution in [0.25, 0.3) is 0 Å². The molecule has 0 aliphatic rings. The van der Waals surface area contributed by atoms with Gasteiger partial charge in [-0.3, -0.25) is 4.79 Å². The van der Waals surface area contributed by atoms with Crippen molar-refractivity contribution in [1.29, 1.82) is 5.26 Å². The van der Waals surface area contributed by atoms with E-state index in [0.29, 0.717) is 17.1 Å². The quantitative estimate of drug-likeness (QED) is 0.743. The van der Waals surface area contributed by atoms with E-state index in [1.807, 2.05) is 0 Å². The van der Waals surface area contributed by atoms with Crippen LogP contribution >= 0.6 is 0 Å². The number of nitriles is 1. The van der Waals surface area contributed by atoms with Gasteiger partial charge in [0, 0.05) is 5.69 Å². The van der Waals surface area contributed by atoms with Gasteiger partial charge < -0.3 is 16.8 Å². The lowest BCUT2D eigenvalue weighted by molar-refractivity contribution is 0.100. The molecule has 0 atom stereocenters. The van der Waals surface area contributed by atoms with E-state index in [0.717, 1.165) is 6.07 Å². The largest absolute Gasteiger partial charge is 0.397 e. The first kappa shape index (κ1) is 13.4. The van der Waals surface area contributed by atoms with E-state index in [2.05, 4.69) is 5.32 Å². The average Bonchev–Trinajstić information content (AvgIpc) is 2.42. The number of primary amides is 1. The Bertz CT molecular complexity index is 722. The minimum Gasteiger partial charge on any atom is -0.397 e. The monoisotopic (exact) mass is 270 g/mol. The van der Waals surface area contributed by atoms with Gasteiger partial charge in [-0.2, -0.15) is 5.26 Å². The van der Waals surface area contributed by atoms with E-state index in [1.165, 1.54) is 18.2 Å². The fourth-order valence-electron chi connectivity index (χ4n) is 1.75. The number of rotatable bonds is 3. The summed E-state index contributed by atoms with van der Waals surface area (Å²) in [4.78, 5) is 11.4. The molecule has 2 aromatic carbocycles. The van der Waals surface area contributed by atoms with Gasteiger partial charge in [-0.25, -0.2) is 4.39 Å². The van der Waals surface area contributed by atoms with Gasteiger partial charge in [0.15, 0.2) is 0 Å². The highest BCUT2D eigenvalue weighted by atomic mass is 19.1. The van der Waals surface area contributed by atoms with Crippen molar-refractivity contribution in [2.75, 3.05) is 11.1 Å². The van der Waals surface area contributed by atoms with Crippen LogP contribution in [0.3, 0.4) is 0 Å². The topological polar surface area (TPSA) is 105 Å². The maximum Gasteiger partial charge on any atom is 0.250 e. The number of para-hydroxylation sites is 1. The van der Waals surface area contributed by atoms with E-state index in [4.69, 9.17) is 16.7 Å². The predicted octanol–water partition coefficient (Wildman–Crippen LogP) is 2.12. The smallest absolute Gasteiger partial charge is 0.250 e. The number of nitrogen functional groups attached to an aromatic ring is 1. The lowest BCUT2D eigenvalue weighted by Gasteiger charge is -2.13. The Hall–Kier alpha value is -3.07. The number of hydrogen-bond acceptors (Lipinski definition) is 4. The predicted molar refractivity (Wildman–Crippen MR) is 73.8 cm³/mol. The standard InChI is InChI=1S/C14H11FN4O/c15-11-5-4-9(6-8(11)7-16)19-13-10(14(18)20)2-1-3-12(13)17/h1-6,19H,17H2,(H2,18,20). The molecule has 0 bridgehead atoms. The molecule has 0 fully saturated rings. The van der Waals surface area contributed by atoms with Crippen LogP contribution in [0.5, 0.6) is 0 Å². The van der Waals surface area contributed by atoms with Crippen LogP contribution in [0, 0.1) is 17.1 Å². The molecule has 5 nitrogen and oxygen atoms in total. The van der Waals surface area contributed by atoms with Gasteiger partial charge in [0.1, 0.15) is 11.9 Å². The van der Waals surface area contributed by atoms with Gasteiger partial charge in [0.25, 0.3) is 5.91 Å². The van der Waals surface area contributed by atoms with Crippen molar-refractivity contribution >= 4 is 23.0 Å². The van der Waals surface area contributed by atoms with E-state index < -0.39 is 11.7 Å². The summed E-state index contributed by atoms with van der Waals surface area (Å²) in [6.45, 7) is 0. The van der Waals surface area contributed by atoms with Crippen LogP contribution in [0.15, 0.2) is 36.4 Å². The van der Waals surface area contributed by atoms with Crippen LogP contribution in [-0.2, 0) is 0 Å². The minimum absolute atomic E-state index is 0.106. The first-order valence-corrected chi connectivity index (χ1v) is 5.68. The number of benzene rings is 2. The van der Waals surface area contributed by atoms with E-state index in [1.54, 1.807) is 18.2 Å². The molecule has 6 heteroatoms. The molecule has 20 heavy (non-hydrogen) atoms. The Kier molecular flexibility index (Phi) is 3.53. The summed E-state index contributed by atoms with van der Waals surface area (Å²) in [5.41, 5.74) is 12.3. The molecule has 0 saturated carbocycles. The van der Waals surface area contributed by atoms with E-state index in [9.17, 15) is 9.18 Å². The molecular formula is C14H11FN4O. The number of nitrogens with one attached hydrogen (secondary N) is 1. The summed E-state index contributed by atoms with van der Waals surface area (Å²) >= 11 is 0. The third-order valence-corrected chi connectivity index (χ3v) is 2.72. The van der Waals surface area contributed by atoms with Crippen LogP contribution in [0.1, 0.15) is 15.9 Å². The number of nitrogens with two attached hydrogens (primary N) is 2. The second-order valence-corrected chi connectivity index (χ2v) is 4.07. The maximum atomic E-state index is 13.2. The molecule has 100 valence electrons. The molecule has 2 rings (SSSR count). The first-order valence-electron chi connectivity index (χ1n) is 5.68. The van der Waals surface area contributed by atoms with E-state index in [-0.39, 0.29) is 11.1 Å². The van der Waals surface area contributed by atoms with Crippen LogP contribution in [-0.4, -0.2) is 5.91 Å². The van der Waals surface area contributed by atoms with Crippen molar-refractivity contribution in [3.8, 4) is 6.07 Å². The van der Waals surface area contributed by atoms with Crippen molar-refractivity contribution in [1.82, 2.24) is 0 Å². The number of anilines is 3. The van der Waals surface area contributed by atoms with Crippen molar-refractivity contribution in [2.45, 2.75) is 0 Å². The van der Waals surface area contributed by atoms with Crippen molar-refractivity contribution in [3.05, 3.63) is 53.3 Å². The third kappa shape index (κ3) is 2.52. The van der Waals surface area contributed by atoms with Crippen molar-refractivity contribution < 1.29 is 9.18 Å². The Morgan fingerprint density at radius 1 is 1.30 bits per heavy atom. The van der Waals surface area contributed by atoms with Crippen LogP contribution < -0.4 is 16.8 Å². The summed E-state index contributed by atoms with van der Waals surface area (Å²) in [5.74, 6) is -1.25. The molecule has 0 unspecified atom stereocenters. The fourth-order valence-corrected chi connectivity index (χ4v) is 1.75. The molecule has 0 radical (unpaired) electrons. The van der Waals surface area contributed by atoms with E-state index >= 15 is 0 Å². The third-order valence-electron chi connectivity index (χ3n) is 2.72. The molecule has 1 amide bonds. The van der Waals surface area contributed by atoms with Crippen molar-refractivity contribution in [2.24, 2.45) is 5.73 Å². The molecule has 0 spiro atoms. The Balaban J connectivity index is 2.45. The fraction of sp³-hybridized carbons (Fsp3) is 0. The number of amides is 1. The Morgan fingerprint density at radius 2 is 2.05 bits per heavy atom. The van der Waals surface area contributed by atoms with Gasteiger partial charge in [-0.15, -0.1) is 0 Å². The molecule has 0 heterocycles. The highest BCUT2D eigenvalue weighted by molar-refractivity contribution is 6.02. The minimum atomic E-state index is -0.637. The van der Waals surface area contributed by atoms with Crippen LogP contribution in [0.4, 0.5) is 21.5 Å². The second-order valence-electron chi connectivity index (χ2n) is 4.07. The zero-order chi connectivity index (χ0) is 14.7. The Labute approximate surface area is 114 Å². The molecule has 2 aromatic rings. The average molecular weight is 270 g/mol. The SMILES string of the molecule is N#Cc1cc(Nc2c(N)cccc2C(N)=O)ccc1F. The number of nitrogens with zero attached hydrogens (tertiary/aromatic N) is 1. The van der Waals surface area contributed by atoms with Gasteiger partial charge in [-0.05, 0) is 30.3 Å². The maximum absolute atomic E-state index is 13.2. The highest BCUT2D eigenvalue weighted by Gasteiger charge is 2.12. The zero-order valence-corrected chi connectivity index (χ0v) is 10.4. The number of halogens is 1. The lowest BCUT2D eigenvalue weighted by atomic mass is 10.1. The summed E-state index contributed by atoms with van der Waals surface area (Å²) in [7, 11) is 0. The summed E-state index contributed by atoms with van der Waals surface area (Å²) in [5, 5.41) is 11.7. The molecule has 0 aliphatic heterocycles. The van der Waals surface area contributed by atoms with Gasteiger partial charge in [-0.1, -0.05) is 6.07 Å². The Morgan fingerprint density at radius 3 is 2.70 bits per heavy atom. The van der Waals surface area contributed by atoms with Gasteiger partial charge in [0.2, 0.25) is 0 Å². The normalized spacial score (nSPS) is 9.80. The lowest BCUT2D eigenvalue weighted by Crippen LogP contribution is -2.14. The summed E-state index contributed by atoms with van der Waals surface area (Å²) in [6, 6.07) is 10.4. The molecule has 0 saturated heterocycles. The number of carbonyl (C=O) groups excluding carboxylic acids is 1. The van der Waals surface area contributed by atoms with Gasteiger partial charge in [0.05, 0.1) is 22.5 Å². The molecular weight excluding hydrogens is 259 g/mol. The molecule has 0 aromatic heterocycles. The van der Waals surface area contributed by atoms with Gasteiger partial charge >= 0.3 is 0 Å². The summed E-state index contributed by atoms with van der Waals surface area (Å²) < 4.78 is 13.2.